The molecule has 5 nitrogen and oxygen atoms in total. The van der Waals surface area contributed by atoms with E-state index in [2.05, 4.69) is 4.43 Å². The number of carbonyl (C=O) groups is 1. The van der Waals surface area contributed by atoms with Crippen molar-refractivity contribution >= 4 is 15.1 Å². The first kappa shape index (κ1) is 16.3. The predicted octanol–water partition coefficient (Wildman–Crippen LogP) is -2.84. The van der Waals surface area contributed by atoms with Crippen LogP contribution in [-0.4, -0.2) is 22.2 Å². The first-order valence-electron chi connectivity index (χ1n) is 1.93. The normalized spacial score (nSPS) is 5.80. The number of carbonyl (C=O) groups excluding carboxylic acids is 1. The molecule has 0 aliphatic rings. The fourth-order valence-corrected chi connectivity index (χ4v) is 0. The smallest absolute Gasteiger partial charge is 0.591 e. The minimum Gasteiger partial charge on any atom is -0.591 e. The van der Waals surface area contributed by atoms with Gasteiger partial charge >= 0.3 is 26.2 Å². The minimum absolute atomic E-state index is 0. The quantitative estimate of drug-likeness (QED) is 0.430. The van der Waals surface area contributed by atoms with Crippen molar-refractivity contribution in [3.05, 3.63) is 0 Å². The molecule has 0 atom stereocenters. The molecule has 0 rings (SSSR count). The minimum atomic E-state index is -2.87. The van der Waals surface area contributed by atoms with Crippen molar-refractivity contribution < 1.29 is 40.7 Å². The molecule has 10 heavy (non-hydrogen) atoms. The van der Waals surface area contributed by atoms with Crippen molar-refractivity contribution in [2.45, 2.75) is 6.92 Å². The number of rotatable bonds is 1. The molecule has 7 heteroatoms. The summed E-state index contributed by atoms with van der Waals surface area (Å²) in [6.45, 7) is 0.972. The summed E-state index contributed by atoms with van der Waals surface area (Å²) in [6, 6.07) is 0. The molecule has 0 aromatic heterocycles. The van der Waals surface area contributed by atoms with Crippen molar-refractivity contribution in [1.82, 2.24) is 0 Å². The Bertz CT molecular complexity index is 101. The zero-order valence-corrected chi connectivity index (χ0v) is 7.60. The summed E-state index contributed by atoms with van der Waals surface area (Å²) in [4.78, 5) is 18.1. The molecule has 0 fully saturated rings. The van der Waals surface area contributed by atoms with Crippen LogP contribution in [-0.2, 0) is 30.8 Å². The van der Waals surface area contributed by atoms with Gasteiger partial charge in [0.05, 0.1) is 0 Å². The van der Waals surface area contributed by atoms with Crippen LogP contribution in [0, 0.1) is 0 Å². The Morgan fingerprint density at radius 1 is 1.60 bits per heavy atom. The Kier molecular flexibility index (Phi) is 18.6. The monoisotopic (exact) mass is 205 g/mol. The summed E-state index contributed by atoms with van der Waals surface area (Å²) in [5.41, 5.74) is 0. The average molecular weight is 205 g/mol. The second kappa shape index (κ2) is 11.4. The molecule has 0 aromatic carbocycles. The average Bonchev–Trinajstić information content (AvgIpc) is 1.65. The van der Waals surface area contributed by atoms with Crippen LogP contribution in [0.3, 0.4) is 0 Å². The Balaban J connectivity index is -0.0000000910. The SMILES string of the molecule is CC(=O)[O-].CO[Si](=O)[O-].[Mn+2]. The van der Waals surface area contributed by atoms with Gasteiger partial charge in [-0.05, 0) is 6.92 Å². The number of hydrogen-bond acceptors (Lipinski definition) is 5. The van der Waals surface area contributed by atoms with Crippen molar-refractivity contribution in [3.8, 4) is 0 Å². The first-order valence-corrected chi connectivity index (χ1v) is 3.15. The van der Waals surface area contributed by atoms with Gasteiger partial charge in [0.15, 0.2) is 0 Å². The number of hydrogen-bond donors (Lipinski definition) is 0. The molecule has 0 aromatic rings. The Hall–Kier alpha value is -0.394. The zero-order chi connectivity index (χ0) is 7.86. The third-order valence-corrected chi connectivity index (χ3v) is 0.500. The number of aliphatic carboxylic acids is 1. The summed E-state index contributed by atoms with van der Waals surface area (Å²) in [5, 5.41) is 8.89. The number of carboxylic acid groups (broad SMARTS) is 1. The van der Waals surface area contributed by atoms with Crippen LogP contribution in [0.4, 0.5) is 0 Å². The van der Waals surface area contributed by atoms with Gasteiger partial charge in [-0.2, -0.15) is 0 Å². The molecule has 0 spiro atoms. The summed E-state index contributed by atoms with van der Waals surface area (Å²) < 4.78 is 13.0. The van der Waals surface area contributed by atoms with E-state index in [9.17, 15) is 9.26 Å². The Morgan fingerprint density at radius 2 is 1.70 bits per heavy atom. The molecule has 0 aliphatic carbocycles. The van der Waals surface area contributed by atoms with Crippen molar-refractivity contribution in [2.24, 2.45) is 0 Å². The van der Waals surface area contributed by atoms with E-state index >= 15 is 0 Å². The zero-order valence-electron chi connectivity index (χ0n) is 5.42. The van der Waals surface area contributed by atoms with E-state index in [0.717, 1.165) is 14.0 Å². The Morgan fingerprint density at radius 3 is 1.70 bits per heavy atom. The molecule has 0 bridgehead atoms. The van der Waals surface area contributed by atoms with Gasteiger partial charge in [-0.25, -0.2) is 0 Å². The largest absolute Gasteiger partial charge is 2.00 e. The van der Waals surface area contributed by atoms with Gasteiger partial charge in [-0.3, -0.25) is 0 Å². The van der Waals surface area contributed by atoms with E-state index in [-0.39, 0.29) is 17.1 Å². The maximum atomic E-state index is 9.22. The van der Waals surface area contributed by atoms with Crippen LogP contribution in [0.15, 0.2) is 0 Å². The second-order valence-electron chi connectivity index (χ2n) is 0.946. The molecule has 0 amide bonds. The summed E-state index contributed by atoms with van der Waals surface area (Å²) in [6.07, 6.45) is 0. The third-order valence-electron chi connectivity index (χ3n) is 0.167. The maximum absolute atomic E-state index is 9.22. The second-order valence-corrected chi connectivity index (χ2v) is 1.85. The van der Waals surface area contributed by atoms with E-state index in [1.165, 1.54) is 0 Å². The van der Waals surface area contributed by atoms with Gasteiger partial charge in [0.25, 0.3) is 0 Å². The molecule has 0 saturated heterocycles. The molecular formula is C3H6MnO5Si. The van der Waals surface area contributed by atoms with Crippen LogP contribution < -0.4 is 9.90 Å². The Labute approximate surface area is 70.4 Å². The fourth-order valence-electron chi connectivity index (χ4n) is 0. The van der Waals surface area contributed by atoms with E-state index in [4.69, 9.17) is 9.90 Å². The molecular weight excluding hydrogens is 199 g/mol. The van der Waals surface area contributed by atoms with Crippen molar-refractivity contribution in [2.75, 3.05) is 7.11 Å². The van der Waals surface area contributed by atoms with Crippen LogP contribution >= 0.6 is 0 Å². The van der Waals surface area contributed by atoms with E-state index in [1.807, 2.05) is 0 Å². The van der Waals surface area contributed by atoms with Crippen molar-refractivity contribution in [3.63, 3.8) is 0 Å². The van der Waals surface area contributed by atoms with Gasteiger partial charge in [0.2, 0.25) is 0 Å². The van der Waals surface area contributed by atoms with Crippen LogP contribution in [0.1, 0.15) is 6.92 Å². The summed E-state index contributed by atoms with van der Waals surface area (Å²) in [7, 11) is -1.75. The fraction of sp³-hybridized carbons (Fsp3) is 0.667. The van der Waals surface area contributed by atoms with Crippen molar-refractivity contribution in [1.29, 1.82) is 0 Å². The van der Waals surface area contributed by atoms with Gasteiger partial charge in [0, 0.05) is 13.1 Å². The van der Waals surface area contributed by atoms with E-state index < -0.39 is 15.1 Å². The summed E-state index contributed by atoms with van der Waals surface area (Å²) >= 11 is 0. The maximum Gasteiger partial charge on any atom is 2.00 e. The van der Waals surface area contributed by atoms with Crippen LogP contribution in [0.2, 0.25) is 0 Å². The summed E-state index contributed by atoms with van der Waals surface area (Å²) in [5.74, 6) is -1.08. The number of carboxylic acids is 1. The predicted molar refractivity (Wildman–Crippen MR) is 24.1 cm³/mol. The third kappa shape index (κ3) is 129. The van der Waals surface area contributed by atoms with Gasteiger partial charge in [-0.15, -0.1) is 0 Å². The van der Waals surface area contributed by atoms with Gasteiger partial charge in [0.1, 0.15) is 0 Å². The van der Waals surface area contributed by atoms with E-state index in [0.29, 0.717) is 0 Å². The molecule has 0 saturated carbocycles. The van der Waals surface area contributed by atoms with Gasteiger partial charge < -0.3 is 23.6 Å². The molecule has 0 unspecified atom stereocenters. The van der Waals surface area contributed by atoms with Gasteiger partial charge in [-0.1, -0.05) is 0 Å². The van der Waals surface area contributed by atoms with E-state index in [1.54, 1.807) is 0 Å². The van der Waals surface area contributed by atoms with Crippen LogP contribution in [0.25, 0.3) is 0 Å². The molecule has 0 aliphatic heterocycles. The topological polar surface area (TPSA) is 89.5 Å². The molecule has 0 heterocycles. The molecule has 0 N–H and O–H groups in total. The van der Waals surface area contributed by atoms with Crippen LogP contribution in [0.5, 0.6) is 0 Å². The molecule has 59 valence electrons. The standard InChI is InChI=1S/C2H4O2.CH3O3Si.Mn/c1-2(3)4;1-4-5(2)3;/h1H3,(H,3,4);1H3;/q;-1;+2/p-1. The molecule has 1 radical (unpaired) electrons. The first-order chi connectivity index (χ1) is 4.00.